The van der Waals surface area contributed by atoms with Crippen LogP contribution in [0.25, 0.3) is 0 Å². The molecule has 2 rings (SSSR count). The van der Waals surface area contributed by atoms with Crippen molar-refractivity contribution in [3.63, 3.8) is 0 Å². The molecule has 5 heteroatoms. The zero-order valence-electron chi connectivity index (χ0n) is 12.4. The summed E-state index contributed by atoms with van der Waals surface area (Å²) in [5, 5.41) is 12.1. The van der Waals surface area contributed by atoms with Crippen LogP contribution in [-0.2, 0) is 20.5 Å². The summed E-state index contributed by atoms with van der Waals surface area (Å²) in [5.41, 5.74) is 4.94. The first-order valence-corrected chi connectivity index (χ1v) is 6.68. The molecular formula is C14H23N5. The SMILES string of the molecule is CNC(CCc1ccnn1C)c1c(C)nn(C)c1C. The van der Waals surface area contributed by atoms with E-state index in [1.54, 1.807) is 0 Å². The zero-order valence-corrected chi connectivity index (χ0v) is 12.4. The number of aromatic nitrogens is 4. The molecule has 1 unspecified atom stereocenters. The van der Waals surface area contributed by atoms with Gasteiger partial charge in [0.05, 0.1) is 5.69 Å². The third kappa shape index (κ3) is 2.71. The monoisotopic (exact) mass is 261 g/mol. The molecule has 1 atom stereocenters. The van der Waals surface area contributed by atoms with Crippen LogP contribution in [0.3, 0.4) is 0 Å². The molecule has 1 N–H and O–H groups in total. The Hall–Kier alpha value is -1.62. The molecule has 2 heterocycles. The van der Waals surface area contributed by atoms with E-state index in [0.717, 1.165) is 18.5 Å². The minimum Gasteiger partial charge on any atom is -0.313 e. The van der Waals surface area contributed by atoms with Crippen LogP contribution >= 0.6 is 0 Å². The third-order valence-electron chi connectivity index (χ3n) is 3.87. The highest BCUT2D eigenvalue weighted by molar-refractivity contribution is 5.28. The highest BCUT2D eigenvalue weighted by Gasteiger charge is 2.18. The number of rotatable bonds is 5. The second kappa shape index (κ2) is 5.57. The van der Waals surface area contributed by atoms with Gasteiger partial charge in [-0.2, -0.15) is 10.2 Å². The molecule has 0 spiro atoms. The Kier molecular flexibility index (Phi) is 4.04. The Morgan fingerprint density at radius 2 is 2.00 bits per heavy atom. The van der Waals surface area contributed by atoms with E-state index in [1.807, 2.05) is 36.7 Å². The number of nitrogens with zero attached hydrogens (tertiary/aromatic N) is 4. The van der Waals surface area contributed by atoms with Gasteiger partial charge in [0.2, 0.25) is 0 Å². The lowest BCUT2D eigenvalue weighted by Crippen LogP contribution is -2.19. The molecule has 0 aromatic carbocycles. The van der Waals surface area contributed by atoms with Gasteiger partial charge in [0.15, 0.2) is 0 Å². The van der Waals surface area contributed by atoms with Gasteiger partial charge in [-0.15, -0.1) is 0 Å². The Morgan fingerprint density at radius 3 is 2.47 bits per heavy atom. The van der Waals surface area contributed by atoms with Gasteiger partial charge in [0, 0.05) is 43.3 Å². The lowest BCUT2D eigenvalue weighted by atomic mass is 9.99. The summed E-state index contributed by atoms with van der Waals surface area (Å²) in [7, 11) is 6.00. The largest absolute Gasteiger partial charge is 0.313 e. The highest BCUT2D eigenvalue weighted by atomic mass is 15.3. The molecule has 0 radical (unpaired) electrons. The van der Waals surface area contributed by atoms with E-state index in [1.165, 1.54) is 17.0 Å². The number of hydrogen-bond acceptors (Lipinski definition) is 3. The van der Waals surface area contributed by atoms with Gasteiger partial charge >= 0.3 is 0 Å². The molecule has 0 amide bonds. The molecule has 0 aliphatic rings. The maximum absolute atomic E-state index is 4.50. The fourth-order valence-electron chi connectivity index (χ4n) is 2.67. The number of nitrogens with one attached hydrogen (secondary N) is 1. The van der Waals surface area contributed by atoms with Crippen molar-refractivity contribution >= 4 is 0 Å². The summed E-state index contributed by atoms with van der Waals surface area (Å²) in [6.07, 6.45) is 3.91. The lowest BCUT2D eigenvalue weighted by Gasteiger charge is -2.17. The van der Waals surface area contributed by atoms with E-state index in [4.69, 9.17) is 0 Å². The van der Waals surface area contributed by atoms with Crippen molar-refractivity contribution in [3.8, 4) is 0 Å². The van der Waals surface area contributed by atoms with Crippen LogP contribution in [0.2, 0.25) is 0 Å². The maximum Gasteiger partial charge on any atom is 0.0644 e. The predicted octanol–water partition coefficient (Wildman–Crippen LogP) is 1.66. The third-order valence-corrected chi connectivity index (χ3v) is 3.87. The molecule has 2 aromatic heterocycles. The summed E-state index contributed by atoms with van der Waals surface area (Å²) in [5.74, 6) is 0. The fourth-order valence-corrected chi connectivity index (χ4v) is 2.67. The first kappa shape index (κ1) is 13.8. The molecule has 19 heavy (non-hydrogen) atoms. The Bertz CT molecular complexity index is 552. The molecule has 0 saturated heterocycles. The van der Waals surface area contributed by atoms with E-state index in [2.05, 4.69) is 35.4 Å². The normalized spacial score (nSPS) is 12.9. The van der Waals surface area contributed by atoms with Crippen LogP contribution in [-0.4, -0.2) is 26.6 Å². The van der Waals surface area contributed by atoms with Crippen LogP contribution in [0.1, 0.15) is 35.1 Å². The summed E-state index contributed by atoms with van der Waals surface area (Å²) >= 11 is 0. The van der Waals surface area contributed by atoms with Crippen molar-refractivity contribution < 1.29 is 0 Å². The molecule has 0 bridgehead atoms. The zero-order chi connectivity index (χ0) is 14.0. The van der Waals surface area contributed by atoms with Crippen molar-refractivity contribution in [3.05, 3.63) is 34.9 Å². The summed E-state index contributed by atoms with van der Waals surface area (Å²) < 4.78 is 3.90. The van der Waals surface area contributed by atoms with Gasteiger partial charge in [-0.1, -0.05) is 0 Å². The lowest BCUT2D eigenvalue weighted by molar-refractivity contribution is 0.530. The van der Waals surface area contributed by atoms with Gasteiger partial charge < -0.3 is 5.32 Å². The van der Waals surface area contributed by atoms with Gasteiger partial charge in [0.25, 0.3) is 0 Å². The topological polar surface area (TPSA) is 47.7 Å². The van der Waals surface area contributed by atoms with E-state index >= 15 is 0 Å². The van der Waals surface area contributed by atoms with E-state index in [0.29, 0.717) is 6.04 Å². The van der Waals surface area contributed by atoms with Crippen molar-refractivity contribution in [1.29, 1.82) is 0 Å². The van der Waals surface area contributed by atoms with Gasteiger partial charge in [-0.3, -0.25) is 9.36 Å². The van der Waals surface area contributed by atoms with Crippen LogP contribution in [0.15, 0.2) is 12.3 Å². The fraction of sp³-hybridized carbons (Fsp3) is 0.571. The molecule has 2 aromatic rings. The average Bonchev–Trinajstić information content (AvgIpc) is 2.88. The number of hydrogen-bond donors (Lipinski definition) is 1. The minimum absolute atomic E-state index is 0.337. The molecule has 0 fully saturated rings. The molecule has 0 aliphatic carbocycles. The Balaban J connectivity index is 2.14. The van der Waals surface area contributed by atoms with Crippen LogP contribution < -0.4 is 5.32 Å². The van der Waals surface area contributed by atoms with Gasteiger partial charge in [-0.05, 0) is 39.8 Å². The predicted molar refractivity (Wildman–Crippen MR) is 76.0 cm³/mol. The van der Waals surface area contributed by atoms with Crippen LogP contribution in [0.4, 0.5) is 0 Å². The Morgan fingerprint density at radius 1 is 1.26 bits per heavy atom. The van der Waals surface area contributed by atoms with Crippen LogP contribution in [0, 0.1) is 13.8 Å². The van der Waals surface area contributed by atoms with Crippen molar-refractivity contribution in [2.24, 2.45) is 14.1 Å². The van der Waals surface area contributed by atoms with Gasteiger partial charge in [0.1, 0.15) is 0 Å². The quantitative estimate of drug-likeness (QED) is 0.890. The molecule has 104 valence electrons. The van der Waals surface area contributed by atoms with E-state index in [-0.39, 0.29) is 0 Å². The summed E-state index contributed by atoms with van der Waals surface area (Å²) in [6.45, 7) is 4.21. The summed E-state index contributed by atoms with van der Waals surface area (Å²) in [4.78, 5) is 0. The highest BCUT2D eigenvalue weighted by Crippen LogP contribution is 2.24. The van der Waals surface area contributed by atoms with E-state index < -0.39 is 0 Å². The smallest absolute Gasteiger partial charge is 0.0644 e. The van der Waals surface area contributed by atoms with Crippen molar-refractivity contribution in [2.75, 3.05) is 7.05 Å². The Labute approximate surface area is 114 Å². The van der Waals surface area contributed by atoms with Gasteiger partial charge in [-0.25, -0.2) is 0 Å². The maximum atomic E-state index is 4.50. The first-order valence-electron chi connectivity index (χ1n) is 6.68. The molecule has 0 saturated carbocycles. The second-order valence-corrected chi connectivity index (χ2v) is 5.03. The average molecular weight is 261 g/mol. The molecule has 5 nitrogen and oxygen atoms in total. The second-order valence-electron chi connectivity index (χ2n) is 5.03. The van der Waals surface area contributed by atoms with Crippen molar-refractivity contribution in [1.82, 2.24) is 24.9 Å². The van der Waals surface area contributed by atoms with Crippen LogP contribution in [0.5, 0.6) is 0 Å². The molecular weight excluding hydrogens is 238 g/mol. The number of aryl methyl sites for hydroxylation is 4. The van der Waals surface area contributed by atoms with Crippen molar-refractivity contribution in [2.45, 2.75) is 32.7 Å². The van der Waals surface area contributed by atoms with E-state index in [9.17, 15) is 0 Å². The summed E-state index contributed by atoms with van der Waals surface area (Å²) in [6, 6.07) is 2.42. The minimum atomic E-state index is 0.337. The standard InChI is InChI=1S/C14H23N5/c1-10-14(11(2)18(4)17-10)13(15-3)7-6-12-8-9-16-19(12)5/h8-9,13,15H,6-7H2,1-5H3. The first-order chi connectivity index (χ1) is 9.04. The molecule has 0 aliphatic heterocycles.